The van der Waals surface area contributed by atoms with Gasteiger partial charge in [0.05, 0.1) is 22.4 Å². The molecule has 0 fully saturated rings. The van der Waals surface area contributed by atoms with Crippen LogP contribution in [0.4, 0.5) is 0 Å². The summed E-state index contributed by atoms with van der Waals surface area (Å²) in [4.78, 5) is 14.4. The maximum atomic E-state index is 5.14. The lowest BCUT2D eigenvalue weighted by atomic mass is 9.84. The highest BCUT2D eigenvalue weighted by Crippen LogP contribution is 2.40. The fourth-order valence-corrected chi connectivity index (χ4v) is 4.53. The minimum Gasteiger partial charge on any atom is -0.383 e. The van der Waals surface area contributed by atoms with Crippen LogP contribution in [0.5, 0.6) is 0 Å². The minimum atomic E-state index is 0.954. The molecule has 0 bridgehead atoms. The normalized spacial score (nSPS) is 13.1. The molecule has 5 rings (SSSR count). The molecule has 4 aromatic rings. The van der Waals surface area contributed by atoms with Crippen molar-refractivity contribution in [2.45, 2.75) is 12.8 Å². The van der Waals surface area contributed by atoms with Crippen LogP contribution < -0.4 is 0 Å². The molecule has 2 aromatic carbocycles. The van der Waals surface area contributed by atoms with E-state index in [0.717, 1.165) is 35.3 Å². The molecule has 0 atom stereocenters. The van der Waals surface area contributed by atoms with Crippen molar-refractivity contribution in [3.63, 3.8) is 0 Å². The molecule has 0 amide bonds. The molecule has 1 aliphatic carbocycles. The number of fused-ring (bicyclic) bond motifs is 5. The van der Waals surface area contributed by atoms with E-state index in [4.69, 9.17) is 9.97 Å². The maximum Gasteiger partial charge on any atom is 0.0935 e. The molecule has 4 nitrogen and oxygen atoms in total. The van der Waals surface area contributed by atoms with Crippen LogP contribution in [0.1, 0.15) is 22.3 Å². The van der Waals surface area contributed by atoms with Gasteiger partial charge in [-0.15, -0.1) is 0 Å². The van der Waals surface area contributed by atoms with Crippen molar-refractivity contribution in [2.24, 2.45) is 0 Å². The first-order valence-electron chi connectivity index (χ1n) is 11.1. The molecule has 0 N–H and O–H groups in total. The molecule has 2 heterocycles. The number of hydrogen-bond acceptors (Lipinski definition) is 4. The van der Waals surface area contributed by atoms with E-state index in [2.05, 4.69) is 111 Å². The van der Waals surface area contributed by atoms with Crippen molar-refractivity contribution >= 4 is 34.0 Å². The van der Waals surface area contributed by atoms with Gasteiger partial charge in [-0.3, -0.25) is 0 Å². The zero-order valence-corrected chi connectivity index (χ0v) is 19.1. The van der Waals surface area contributed by atoms with E-state index < -0.39 is 0 Å². The van der Waals surface area contributed by atoms with Gasteiger partial charge in [-0.05, 0) is 71.8 Å². The third-order valence-corrected chi connectivity index (χ3v) is 6.00. The van der Waals surface area contributed by atoms with Crippen LogP contribution in [-0.2, 0) is 12.8 Å². The van der Waals surface area contributed by atoms with Crippen molar-refractivity contribution in [3.05, 3.63) is 83.2 Å². The van der Waals surface area contributed by atoms with Crippen molar-refractivity contribution < 1.29 is 0 Å². The average Bonchev–Trinajstić information content (AvgIpc) is 2.79. The first-order valence-corrected chi connectivity index (χ1v) is 11.1. The molecule has 0 saturated heterocycles. The van der Waals surface area contributed by atoms with Gasteiger partial charge in [0.15, 0.2) is 0 Å². The molecular formula is C28H28N4. The highest BCUT2D eigenvalue weighted by Gasteiger charge is 2.25. The summed E-state index contributed by atoms with van der Waals surface area (Å²) < 4.78 is 0. The molecule has 0 saturated carbocycles. The smallest absolute Gasteiger partial charge is 0.0935 e. The lowest BCUT2D eigenvalue weighted by Crippen LogP contribution is -2.12. The SMILES string of the molecule is CN(C)/C=C/c1c2c(nc3ccccc13)-c1nc3ccccc3c(/C=C/N(C)C)c1CC2. The monoisotopic (exact) mass is 420 g/mol. The number of benzene rings is 2. The van der Waals surface area contributed by atoms with E-state index in [1.165, 1.54) is 33.0 Å². The Morgan fingerprint density at radius 2 is 1.03 bits per heavy atom. The third kappa shape index (κ3) is 3.52. The van der Waals surface area contributed by atoms with E-state index in [1.54, 1.807) is 0 Å². The van der Waals surface area contributed by atoms with Crippen molar-refractivity contribution in [3.8, 4) is 11.4 Å². The Balaban J connectivity index is 1.83. The molecule has 1 aliphatic rings. The molecule has 160 valence electrons. The van der Waals surface area contributed by atoms with E-state index in [0.29, 0.717) is 0 Å². The van der Waals surface area contributed by atoms with Gasteiger partial charge in [0.2, 0.25) is 0 Å². The summed E-state index contributed by atoms with van der Waals surface area (Å²) in [6.07, 6.45) is 10.6. The second kappa shape index (κ2) is 8.12. The van der Waals surface area contributed by atoms with Crippen molar-refractivity contribution in [1.82, 2.24) is 19.8 Å². The Hall–Kier alpha value is -3.66. The molecule has 0 unspecified atom stereocenters. The summed E-state index contributed by atoms with van der Waals surface area (Å²) in [5.41, 5.74) is 9.16. The summed E-state index contributed by atoms with van der Waals surface area (Å²) in [6, 6.07) is 16.9. The number of para-hydroxylation sites is 2. The largest absolute Gasteiger partial charge is 0.383 e. The van der Waals surface area contributed by atoms with Crippen LogP contribution in [0.2, 0.25) is 0 Å². The minimum absolute atomic E-state index is 0.954. The molecule has 4 heteroatoms. The van der Waals surface area contributed by atoms with Gasteiger partial charge < -0.3 is 9.80 Å². The van der Waals surface area contributed by atoms with Crippen molar-refractivity contribution in [1.29, 1.82) is 0 Å². The second-order valence-electron chi connectivity index (χ2n) is 8.80. The van der Waals surface area contributed by atoms with Crippen LogP contribution in [0.3, 0.4) is 0 Å². The Morgan fingerprint density at radius 1 is 0.625 bits per heavy atom. The van der Waals surface area contributed by atoms with Gasteiger partial charge >= 0.3 is 0 Å². The summed E-state index contributed by atoms with van der Waals surface area (Å²) in [5, 5.41) is 2.39. The maximum absolute atomic E-state index is 5.14. The number of hydrogen-bond donors (Lipinski definition) is 0. The number of pyridine rings is 2. The summed E-state index contributed by atoms with van der Waals surface area (Å²) >= 11 is 0. The van der Waals surface area contributed by atoms with Gasteiger partial charge in [0.1, 0.15) is 0 Å². The predicted octanol–water partition coefficient (Wildman–Crippen LogP) is 5.61. The average molecular weight is 421 g/mol. The number of rotatable bonds is 4. The molecule has 0 spiro atoms. The zero-order valence-electron chi connectivity index (χ0n) is 19.1. The Bertz CT molecular complexity index is 1270. The van der Waals surface area contributed by atoms with Crippen LogP contribution in [0.25, 0.3) is 45.3 Å². The first-order chi connectivity index (χ1) is 15.5. The Morgan fingerprint density at radius 3 is 1.44 bits per heavy atom. The van der Waals surface area contributed by atoms with Gasteiger partial charge in [0.25, 0.3) is 0 Å². The van der Waals surface area contributed by atoms with Gasteiger partial charge in [-0.1, -0.05) is 36.4 Å². The molecular weight excluding hydrogens is 392 g/mol. The highest BCUT2D eigenvalue weighted by molar-refractivity contribution is 5.97. The zero-order chi connectivity index (χ0) is 22.2. The Kier molecular flexibility index (Phi) is 5.14. The van der Waals surface area contributed by atoms with Crippen LogP contribution in [0.15, 0.2) is 60.9 Å². The summed E-state index contributed by atoms with van der Waals surface area (Å²) in [7, 11) is 8.22. The fourth-order valence-electron chi connectivity index (χ4n) is 4.53. The molecule has 2 aromatic heterocycles. The van der Waals surface area contributed by atoms with E-state index in [-0.39, 0.29) is 0 Å². The number of aromatic nitrogens is 2. The van der Waals surface area contributed by atoms with E-state index >= 15 is 0 Å². The molecule has 32 heavy (non-hydrogen) atoms. The lowest BCUT2D eigenvalue weighted by molar-refractivity contribution is 0.567. The van der Waals surface area contributed by atoms with E-state index in [1.807, 2.05) is 0 Å². The standard InChI is InChI=1S/C28H28N4/c1-31(2)17-15-19-21-9-5-7-11-25(21)29-27-23(19)13-14-24-20(16-18-32(3)4)22-10-6-8-12-26(22)30-28(24)27/h5-12,15-18H,13-14H2,1-4H3/b17-15+,18-16+. The van der Waals surface area contributed by atoms with Crippen molar-refractivity contribution in [2.75, 3.05) is 28.2 Å². The quantitative estimate of drug-likeness (QED) is 0.429. The van der Waals surface area contributed by atoms with Gasteiger partial charge in [-0.2, -0.15) is 0 Å². The Labute approximate surface area is 189 Å². The van der Waals surface area contributed by atoms with Gasteiger partial charge in [0, 0.05) is 39.0 Å². The molecule has 0 aliphatic heterocycles. The first kappa shape index (κ1) is 20.3. The summed E-state index contributed by atoms with van der Waals surface area (Å²) in [5.74, 6) is 0. The van der Waals surface area contributed by atoms with Crippen LogP contribution in [0, 0.1) is 0 Å². The highest BCUT2D eigenvalue weighted by atomic mass is 15.0. The molecule has 0 radical (unpaired) electrons. The van der Waals surface area contributed by atoms with Crippen LogP contribution in [-0.4, -0.2) is 48.0 Å². The number of nitrogens with zero attached hydrogens (tertiary/aromatic N) is 4. The lowest BCUT2D eigenvalue weighted by Gasteiger charge is -2.24. The van der Waals surface area contributed by atoms with E-state index in [9.17, 15) is 0 Å². The van der Waals surface area contributed by atoms with Crippen LogP contribution >= 0.6 is 0 Å². The third-order valence-electron chi connectivity index (χ3n) is 6.00. The topological polar surface area (TPSA) is 32.3 Å². The fraction of sp³-hybridized carbons (Fsp3) is 0.214. The summed E-state index contributed by atoms with van der Waals surface area (Å²) in [6.45, 7) is 0. The van der Waals surface area contributed by atoms with Gasteiger partial charge in [-0.25, -0.2) is 9.97 Å². The predicted molar refractivity (Wildman–Crippen MR) is 135 cm³/mol. The second-order valence-corrected chi connectivity index (χ2v) is 8.80.